The molecule has 1 atom stereocenters. The van der Waals surface area contributed by atoms with Crippen LogP contribution < -0.4 is 0 Å². The maximum atomic E-state index is 12.5. The van der Waals surface area contributed by atoms with E-state index < -0.39 is 0 Å². The minimum absolute atomic E-state index is 0.121. The lowest BCUT2D eigenvalue weighted by Crippen LogP contribution is -2.44. The molecular formula is C14H19ClN2O. The van der Waals surface area contributed by atoms with E-state index in [1.165, 1.54) is 6.42 Å². The molecule has 3 nitrogen and oxygen atoms in total. The number of amides is 1. The van der Waals surface area contributed by atoms with Crippen LogP contribution >= 0.6 is 11.6 Å². The van der Waals surface area contributed by atoms with Crippen molar-refractivity contribution in [3.63, 3.8) is 0 Å². The van der Waals surface area contributed by atoms with Crippen LogP contribution in [0.5, 0.6) is 0 Å². The van der Waals surface area contributed by atoms with Gasteiger partial charge in [0.1, 0.15) is 0 Å². The Morgan fingerprint density at radius 3 is 3.11 bits per heavy atom. The van der Waals surface area contributed by atoms with Gasteiger partial charge in [-0.15, -0.1) is 11.6 Å². The van der Waals surface area contributed by atoms with Crippen LogP contribution in [0.4, 0.5) is 0 Å². The van der Waals surface area contributed by atoms with E-state index in [1.807, 2.05) is 17.9 Å². The summed E-state index contributed by atoms with van der Waals surface area (Å²) in [5.41, 5.74) is 1.62. The summed E-state index contributed by atoms with van der Waals surface area (Å²) in [6.07, 6.45) is 5.94. The molecule has 0 radical (unpaired) electrons. The first-order valence-corrected chi connectivity index (χ1v) is 7.05. The molecule has 0 spiro atoms. The average Bonchev–Trinajstić information content (AvgIpc) is 2.39. The zero-order chi connectivity index (χ0) is 13.0. The molecule has 1 unspecified atom stereocenters. The number of pyridine rings is 1. The Morgan fingerprint density at radius 1 is 1.56 bits per heavy atom. The molecule has 2 heterocycles. The van der Waals surface area contributed by atoms with E-state index >= 15 is 0 Å². The summed E-state index contributed by atoms with van der Waals surface area (Å²) in [4.78, 5) is 18.6. The van der Waals surface area contributed by atoms with Gasteiger partial charge in [-0.2, -0.15) is 0 Å². The maximum absolute atomic E-state index is 12.5. The fraction of sp³-hybridized carbons (Fsp3) is 0.571. The molecule has 0 aromatic carbocycles. The SMILES string of the molecule is Cc1cc(C(=O)N2CCCCC2CCCl)ccn1. The first-order valence-electron chi connectivity index (χ1n) is 6.52. The second-order valence-electron chi connectivity index (χ2n) is 4.81. The van der Waals surface area contributed by atoms with Crippen LogP contribution in [-0.2, 0) is 0 Å². The quantitative estimate of drug-likeness (QED) is 0.788. The number of carbonyl (C=O) groups excluding carboxylic acids is 1. The Hall–Kier alpha value is -1.09. The number of aryl methyl sites for hydroxylation is 1. The molecule has 4 heteroatoms. The highest BCUT2D eigenvalue weighted by Gasteiger charge is 2.26. The third-order valence-electron chi connectivity index (χ3n) is 3.47. The number of likely N-dealkylation sites (tertiary alicyclic amines) is 1. The van der Waals surface area contributed by atoms with E-state index in [0.717, 1.165) is 37.1 Å². The van der Waals surface area contributed by atoms with Gasteiger partial charge in [0.25, 0.3) is 5.91 Å². The fourth-order valence-corrected chi connectivity index (χ4v) is 2.79. The number of hydrogen-bond acceptors (Lipinski definition) is 2. The molecule has 1 aromatic heterocycles. The summed E-state index contributed by atoms with van der Waals surface area (Å²) in [5, 5.41) is 0. The van der Waals surface area contributed by atoms with Crippen molar-refractivity contribution in [2.75, 3.05) is 12.4 Å². The fourth-order valence-electron chi connectivity index (χ4n) is 2.54. The summed E-state index contributed by atoms with van der Waals surface area (Å²) in [7, 11) is 0. The molecule has 2 rings (SSSR count). The Bertz CT molecular complexity index is 420. The first kappa shape index (κ1) is 13.3. The van der Waals surface area contributed by atoms with Gasteiger partial charge in [-0.25, -0.2) is 0 Å². The Kier molecular flexibility index (Phi) is 4.59. The standard InChI is InChI=1S/C14H19ClN2O/c1-11-10-12(6-8-16-11)14(18)17-9-3-2-4-13(17)5-7-15/h6,8,10,13H,2-5,7,9H2,1H3. The third-order valence-corrected chi connectivity index (χ3v) is 3.69. The molecule has 1 aromatic rings. The minimum atomic E-state index is 0.121. The zero-order valence-corrected chi connectivity index (χ0v) is 11.5. The van der Waals surface area contributed by atoms with Crippen molar-refractivity contribution in [2.24, 2.45) is 0 Å². The number of carbonyl (C=O) groups is 1. The normalized spacial score (nSPS) is 19.9. The van der Waals surface area contributed by atoms with Crippen LogP contribution in [0.1, 0.15) is 41.7 Å². The van der Waals surface area contributed by atoms with Gasteiger partial charge in [0.15, 0.2) is 0 Å². The molecule has 1 amide bonds. The lowest BCUT2D eigenvalue weighted by atomic mass is 9.99. The van der Waals surface area contributed by atoms with Crippen molar-refractivity contribution in [3.8, 4) is 0 Å². The second-order valence-corrected chi connectivity index (χ2v) is 5.19. The number of piperidine rings is 1. The molecule has 98 valence electrons. The molecular weight excluding hydrogens is 248 g/mol. The summed E-state index contributed by atoms with van der Waals surface area (Å²) in [6, 6.07) is 3.95. The molecule has 1 saturated heterocycles. The van der Waals surface area contributed by atoms with Crippen LogP contribution in [-0.4, -0.2) is 34.3 Å². The van der Waals surface area contributed by atoms with Crippen LogP contribution in [0.3, 0.4) is 0 Å². The zero-order valence-electron chi connectivity index (χ0n) is 10.7. The highest BCUT2D eigenvalue weighted by atomic mass is 35.5. The second kappa shape index (κ2) is 6.19. The van der Waals surface area contributed by atoms with E-state index in [9.17, 15) is 4.79 Å². The van der Waals surface area contributed by atoms with E-state index in [2.05, 4.69) is 4.98 Å². The number of rotatable bonds is 3. The predicted molar refractivity (Wildman–Crippen MR) is 73.0 cm³/mol. The van der Waals surface area contributed by atoms with Gasteiger partial charge in [-0.05, 0) is 44.7 Å². The number of nitrogens with zero attached hydrogens (tertiary/aromatic N) is 2. The van der Waals surface area contributed by atoms with Crippen LogP contribution in [0.2, 0.25) is 0 Å². The number of hydrogen-bond donors (Lipinski definition) is 0. The molecule has 1 aliphatic heterocycles. The van der Waals surface area contributed by atoms with Crippen molar-refractivity contribution in [1.82, 2.24) is 9.88 Å². The highest BCUT2D eigenvalue weighted by Crippen LogP contribution is 2.22. The average molecular weight is 267 g/mol. The first-order chi connectivity index (χ1) is 8.72. The lowest BCUT2D eigenvalue weighted by molar-refractivity contribution is 0.0609. The van der Waals surface area contributed by atoms with Crippen LogP contribution in [0.25, 0.3) is 0 Å². The minimum Gasteiger partial charge on any atom is -0.336 e. The van der Waals surface area contributed by atoms with Gasteiger partial charge in [0, 0.05) is 35.9 Å². The molecule has 1 aliphatic rings. The predicted octanol–water partition coefficient (Wildman–Crippen LogP) is 3.01. The third kappa shape index (κ3) is 3.02. The largest absolute Gasteiger partial charge is 0.336 e. The van der Waals surface area contributed by atoms with E-state index in [1.54, 1.807) is 12.3 Å². The van der Waals surface area contributed by atoms with Gasteiger partial charge >= 0.3 is 0 Å². The van der Waals surface area contributed by atoms with E-state index in [0.29, 0.717) is 11.9 Å². The van der Waals surface area contributed by atoms with E-state index in [4.69, 9.17) is 11.6 Å². The maximum Gasteiger partial charge on any atom is 0.254 e. The van der Waals surface area contributed by atoms with Crippen molar-refractivity contribution in [3.05, 3.63) is 29.6 Å². The Labute approximate surface area is 113 Å². The Morgan fingerprint density at radius 2 is 2.39 bits per heavy atom. The number of alkyl halides is 1. The summed E-state index contributed by atoms with van der Waals surface area (Å²) < 4.78 is 0. The number of halogens is 1. The van der Waals surface area contributed by atoms with E-state index in [-0.39, 0.29) is 5.91 Å². The lowest BCUT2D eigenvalue weighted by Gasteiger charge is -2.35. The molecule has 0 saturated carbocycles. The van der Waals surface area contributed by atoms with Crippen molar-refractivity contribution < 1.29 is 4.79 Å². The Balaban J connectivity index is 2.15. The van der Waals surface area contributed by atoms with Crippen molar-refractivity contribution >= 4 is 17.5 Å². The van der Waals surface area contributed by atoms with Crippen molar-refractivity contribution in [1.29, 1.82) is 0 Å². The monoisotopic (exact) mass is 266 g/mol. The molecule has 0 bridgehead atoms. The van der Waals surface area contributed by atoms with Gasteiger partial charge in [-0.1, -0.05) is 0 Å². The van der Waals surface area contributed by atoms with Gasteiger partial charge < -0.3 is 4.90 Å². The number of aromatic nitrogens is 1. The van der Waals surface area contributed by atoms with Gasteiger partial charge in [-0.3, -0.25) is 9.78 Å². The summed E-state index contributed by atoms with van der Waals surface area (Å²) in [6.45, 7) is 2.75. The van der Waals surface area contributed by atoms with Crippen molar-refractivity contribution in [2.45, 2.75) is 38.6 Å². The van der Waals surface area contributed by atoms with Gasteiger partial charge in [0.2, 0.25) is 0 Å². The molecule has 0 aliphatic carbocycles. The smallest absolute Gasteiger partial charge is 0.254 e. The molecule has 18 heavy (non-hydrogen) atoms. The van der Waals surface area contributed by atoms with Crippen LogP contribution in [0, 0.1) is 6.92 Å². The van der Waals surface area contributed by atoms with Crippen LogP contribution in [0.15, 0.2) is 18.3 Å². The highest BCUT2D eigenvalue weighted by molar-refractivity contribution is 6.17. The topological polar surface area (TPSA) is 33.2 Å². The molecule has 0 N–H and O–H groups in total. The summed E-state index contributed by atoms with van der Waals surface area (Å²) in [5.74, 6) is 0.736. The molecule has 1 fully saturated rings. The summed E-state index contributed by atoms with van der Waals surface area (Å²) >= 11 is 5.83. The van der Waals surface area contributed by atoms with Gasteiger partial charge in [0.05, 0.1) is 0 Å².